The highest BCUT2D eigenvalue weighted by molar-refractivity contribution is 6.08. The van der Waals surface area contributed by atoms with Gasteiger partial charge in [0, 0.05) is 11.9 Å². The molecule has 0 atom stereocenters. The van der Waals surface area contributed by atoms with Gasteiger partial charge in [0.25, 0.3) is 11.5 Å². The molecule has 0 fully saturated rings. The fourth-order valence-corrected chi connectivity index (χ4v) is 2.81. The van der Waals surface area contributed by atoms with Gasteiger partial charge in [0.1, 0.15) is 5.56 Å². The molecule has 3 aromatic rings. The molecule has 0 saturated carbocycles. The molecule has 0 aliphatic carbocycles. The second-order valence-corrected chi connectivity index (χ2v) is 5.73. The molecule has 1 heterocycles. The van der Waals surface area contributed by atoms with Crippen LogP contribution < -0.4 is 20.3 Å². The van der Waals surface area contributed by atoms with Gasteiger partial charge in [-0.2, -0.15) is 0 Å². The number of aromatic nitrogens is 1. The summed E-state index contributed by atoms with van der Waals surface area (Å²) in [5.41, 5.74) is -0.255. The van der Waals surface area contributed by atoms with Crippen LogP contribution in [0.4, 0.5) is 0 Å². The Balaban J connectivity index is 1.93. The lowest BCUT2D eigenvalue weighted by atomic mass is 10.1. The summed E-state index contributed by atoms with van der Waals surface area (Å²) in [6.45, 7) is 0.136. The molecule has 0 aliphatic heterocycles. The van der Waals surface area contributed by atoms with E-state index in [9.17, 15) is 19.9 Å². The van der Waals surface area contributed by atoms with E-state index in [0.29, 0.717) is 11.5 Å². The highest BCUT2D eigenvalue weighted by Gasteiger charge is 2.21. The standard InChI is InChI=1S/C19H18N2O6/c1-26-14-8-7-11(9-15(14)27-2)10-20-17(22)16-12-5-3-4-6-13(12)18(23)21(25)19(16)24/h3-9,24-25H,10H2,1-2H3,(H,20,22). The van der Waals surface area contributed by atoms with Crippen LogP contribution in [0.2, 0.25) is 0 Å². The normalized spacial score (nSPS) is 10.6. The summed E-state index contributed by atoms with van der Waals surface area (Å²) in [5, 5.41) is 22.9. The first-order valence-corrected chi connectivity index (χ1v) is 8.03. The average Bonchev–Trinajstić information content (AvgIpc) is 2.70. The summed E-state index contributed by atoms with van der Waals surface area (Å²) in [6, 6.07) is 11.4. The SMILES string of the molecule is COc1ccc(CNC(=O)c2c(O)n(O)c(=O)c3ccccc23)cc1OC. The third-order valence-corrected chi connectivity index (χ3v) is 4.17. The van der Waals surface area contributed by atoms with E-state index in [1.165, 1.54) is 26.4 Å². The van der Waals surface area contributed by atoms with E-state index in [2.05, 4.69) is 5.32 Å². The van der Waals surface area contributed by atoms with Gasteiger partial charge in [-0.05, 0) is 23.8 Å². The minimum atomic E-state index is -0.816. The first kappa shape index (κ1) is 18.1. The number of carbonyl (C=O) groups is 1. The number of benzene rings is 2. The zero-order chi connectivity index (χ0) is 19.6. The fourth-order valence-electron chi connectivity index (χ4n) is 2.81. The maximum absolute atomic E-state index is 12.6. The van der Waals surface area contributed by atoms with Crippen LogP contribution >= 0.6 is 0 Å². The van der Waals surface area contributed by atoms with Crippen molar-refractivity contribution in [1.82, 2.24) is 10.0 Å². The van der Waals surface area contributed by atoms with Crippen molar-refractivity contribution in [2.45, 2.75) is 6.54 Å². The highest BCUT2D eigenvalue weighted by Crippen LogP contribution is 2.28. The van der Waals surface area contributed by atoms with Crippen LogP contribution in [0.25, 0.3) is 10.8 Å². The van der Waals surface area contributed by atoms with Crippen LogP contribution in [0.15, 0.2) is 47.3 Å². The molecule has 27 heavy (non-hydrogen) atoms. The van der Waals surface area contributed by atoms with Crippen molar-refractivity contribution < 1.29 is 24.6 Å². The smallest absolute Gasteiger partial charge is 0.294 e. The van der Waals surface area contributed by atoms with Crippen LogP contribution in [0.3, 0.4) is 0 Å². The van der Waals surface area contributed by atoms with Crippen molar-refractivity contribution in [3.63, 3.8) is 0 Å². The lowest BCUT2D eigenvalue weighted by Gasteiger charge is -2.13. The largest absolute Gasteiger partial charge is 0.493 e. The van der Waals surface area contributed by atoms with E-state index in [0.717, 1.165) is 5.56 Å². The fraction of sp³-hybridized carbons (Fsp3) is 0.158. The van der Waals surface area contributed by atoms with Gasteiger partial charge in [-0.3, -0.25) is 9.59 Å². The van der Waals surface area contributed by atoms with Crippen molar-refractivity contribution >= 4 is 16.7 Å². The zero-order valence-electron chi connectivity index (χ0n) is 14.7. The first-order valence-electron chi connectivity index (χ1n) is 8.03. The summed E-state index contributed by atoms with van der Waals surface area (Å²) in [7, 11) is 3.03. The van der Waals surface area contributed by atoms with Gasteiger partial charge in [0.05, 0.1) is 19.6 Å². The van der Waals surface area contributed by atoms with Crippen LogP contribution in [0.5, 0.6) is 17.4 Å². The Morgan fingerprint density at radius 1 is 1.07 bits per heavy atom. The summed E-state index contributed by atoms with van der Waals surface area (Å²) < 4.78 is 10.5. The van der Waals surface area contributed by atoms with Crippen LogP contribution in [0.1, 0.15) is 15.9 Å². The number of amides is 1. The molecule has 3 rings (SSSR count). The van der Waals surface area contributed by atoms with Crippen LogP contribution in [-0.4, -0.2) is 35.2 Å². The lowest BCUT2D eigenvalue weighted by Crippen LogP contribution is -2.27. The molecule has 140 valence electrons. The number of hydrogen-bond donors (Lipinski definition) is 3. The monoisotopic (exact) mass is 370 g/mol. The molecule has 8 nitrogen and oxygen atoms in total. The molecule has 1 aromatic heterocycles. The average molecular weight is 370 g/mol. The van der Waals surface area contributed by atoms with E-state index in [4.69, 9.17) is 9.47 Å². The van der Waals surface area contributed by atoms with Crippen molar-refractivity contribution in [2.75, 3.05) is 14.2 Å². The number of rotatable bonds is 5. The van der Waals surface area contributed by atoms with Gasteiger partial charge in [-0.25, -0.2) is 0 Å². The quantitative estimate of drug-likeness (QED) is 0.592. The second-order valence-electron chi connectivity index (χ2n) is 5.73. The number of methoxy groups -OCH3 is 2. The minimum absolute atomic E-state index is 0.0632. The third kappa shape index (κ3) is 3.24. The lowest BCUT2D eigenvalue weighted by molar-refractivity contribution is 0.0934. The van der Waals surface area contributed by atoms with Crippen molar-refractivity contribution in [3.05, 3.63) is 63.9 Å². The Morgan fingerprint density at radius 3 is 2.41 bits per heavy atom. The molecule has 1 amide bonds. The van der Waals surface area contributed by atoms with Gasteiger partial charge in [0.15, 0.2) is 11.5 Å². The van der Waals surface area contributed by atoms with Crippen molar-refractivity contribution in [1.29, 1.82) is 0 Å². The van der Waals surface area contributed by atoms with E-state index in [-0.39, 0.29) is 27.6 Å². The number of carbonyl (C=O) groups excluding carboxylic acids is 1. The third-order valence-electron chi connectivity index (χ3n) is 4.17. The number of nitrogens with zero attached hydrogens (tertiary/aromatic N) is 1. The van der Waals surface area contributed by atoms with Gasteiger partial charge in [-0.15, -0.1) is 4.73 Å². The van der Waals surface area contributed by atoms with E-state index >= 15 is 0 Å². The van der Waals surface area contributed by atoms with Gasteiger partial charge in [0.2, 0.25) is 5.88 Å². The molecule has 0 unspecified atom stereocenters. The number of nitrogens with one attached hydrogen (secondary N) is 1. The van der Waals surface area contributed by atoms with Gasteiger partial charge < -0.3 is 25.1 Å². The summed E-state index contributed by atoms with van der Waals surface area (Å²) in [5.74, 6) is -0.380. The number of hydrogen-bond acceptors (Lipinski definition) is 6. The predicted octanol–water partition coefficient (Wildman–Crippen LogP) is 1.89. The van der Waals surface area contributed by atoms with Gasteiger partial charge in [-0.1, -0.05) is 24.3 Å². The molecule has 2 aromatic carbocycles. The van der Waals surface area contributed by atoms with Crippen molar-refractivity contribution in [2.24, 2.45) is 0 Å². The zero-order valence-corrected chi connectivity index (χ0v) is 14.7. The Hall–Kier alpha value is -3.68. The Labute approximate surface area is 154 Å². The number of aromatic hydroxyl groups is 1. The Bertz CT molecular complexity index is 1070. The van der Waals surface area contributed by atoms with E-state index in [1.54, 1.807) is 30.3 Å². The Kier molecular flexibility index (Phi) is 4.89. The summed E-state index contributed by atoms with van der Waals surface area (Å²) >= 11 is 0. The Morgan fingerprint density at radius 2 is 1.74 bits per heavy atom. The van der Waals surface area contributed by atoms with Crippen LogP contribution in [0, 0.1) is 0 Å². The highest BCUT2D eigenvalue weighted by atomic mass is 16.5. The number of fused-ring (bicyclic) bond motifs is 1. The topological polar surface area (TPSA) is 110 Å². The van der Waals surface area contributed by atoms with E-state index in [1.807, 2.05) is 0 Å². The maximum atomic E-state index is 12.6. The molecule has 0 spiro atoms. The molecule has 0 bridgehead atoms. The number of pyridine rings is 1. The second kappa shape index (κ2) is 7.28. The predicted molar refractivity (Wildman–Crippen MR) is 97.8 cm³/mol. The maximum Gasteiger partial charge on any atom is 0.294 e. The van der Waals surface area contributed by atoms with Gasteiger partial charge >= 0.3 is 0 Å². The molecule has 0 aliphatic rings. The molecule has 0 saturated heterocycles. The molecular weight excluding hydrogens is 352 g/mol. The molecule has 0 radical (unpaired) electrons. The number of ether oxygens (including phenoxy) is 2. The molecular formula is C19H18N2O6. The molecule has 8 heteroatoms. The molecule has 3 N–H and O–H groups in total. The first-order chi connectivity index (χ1) is 13.0. The summed E-state index contributed by atoms with van der Waals surface area (Å²) in [4.78, 5) is 24.7. The summed E-state index contributed by atoms with van der Waals surface area (Å²) in [6.07, 6.45) is 0. The van der Waals surface area contributed by atoms with Crippen LogP contribution in [-0.2, 0) is 6.54 Å². The minimum Gasteiger partial charge on any atom is -0.493 e. The van der Waals surface area contributed by atoms with E-state index < -0.39 is 17.3 Å². The van der Waals surface area contributed by atoms with Crippen molar-refractivity contribution in [3.8, 4) is 17.4 Å².